The maximum atomic E-state index is 12.1. The fourth-order valence-electron chi connectivity index (χ4n) is 2.55. The zero-order valence-electron chi connectivity index (χ0n) is 14.0. The summed E-state index contributed by atoms with van der Waals surface area (Å²) in [6.45, 7) is 6.24. The molecule has 1 aromatic carbocycles. The van der Waals surface area contributed by atoms with E-state index in [-0.39, 0.29) is 24.0 Å². The summed E-state index contributed by atoms with van der Waals surface area (Å²) in [5.41, 5.74) is 1.96. The van der Waals surface area contributed by atoms with Gasteiger partial charge in [-0.05, 0) is 35.6 Å². The second kappa shape index (κ2) is 7.42. The quantitative estimate of drug-likeness (QED) is 0.860. The summed E-state index contributed by atoms with van der Waals surface area (Å²) in [6.07, 6.45) is 4.65. The summed E-state index contributed by atoms with van der Waals surface area (Å²) in [4.78, 5) is 12.1. The molecule has 0 aliphatic rings. The van der Waals surface area contributed by atoms with Gasteiger partial charge in [0.15, 0.2) is 0 Å². The van der Waals surface area contributed by atoms with E-state index in [0.29, 0.717) is 6.42 Å². The molecular formula is C18H25N3O2. The highest BCUT2D eigenvalue weighted by molar-refractivity contribution is 5.78. The third-order valence-corrected chi connectivity index (χ3v) is 3.51. The molecule has 0 bridgehead atoms. The molecule has 0 spiro atoms. The van der Waals surface area contributed by atoms with E-state index >= 15 is 0 Å². The SMILES string of the molecule is CC(C)(C)CC(CO)NC(=O)Cc1ccc(-n2cccn2)cc1. The van der Waals surface area contributed by atoms with Gasteiger partial charge in [-0.3, -0.25) is 4.79 Å². The zero-order valence-corrected chi connectivity index (χ0v) is 14.0. The lowest BCUT2D eigenvalue weighted by Crippen LogP contribution is -2.40. The second-order valence-electron chi connectivity index (χ2n) is 7.01. The maximum absolute atomic E-state index is 12.1. The van der Waals surface area contributed by atoms with E-state index < -0.39 is 0 Å². The Morgan fingerprint density at radius 1 is 1.30 bits per heavy atom. The average molecular weight is 315 g/mol. The monoisotopic (exact) mass is 315 g/mol. The van der Waals surface area contributed by atoms with Gasteiger partial charge >= 0.3 is 0 Å². The van der Waals surface area contributed by atoms with Crippen molar-refractivity contribution in [3.63, 3.8) is 0 Å². The Bertz CT molecular complexity index is 613. The summed E-state index contributed by atoms with van der Waals surface area (Å²) in [7, 11) is 0. The number of nitrogens with zero attached hydrogens (tertiary/aromatic N) is 2. The number of aliphatic hydroxyl groups excluding tert-OH is 1. The molecule has 0 saturated carbocycles. The summed E-state index contributed by atoms with van der Waals surface area (Å²) >= 11 is 0. The molecule has 0 saturated heterocycles. The van der Waals surface area contributed by atoms with E-state index in [9.17, 15) is 9.90 Å². The first-order valence-electron chi connectivity index (χ1n) is 7.86. The van der Waals surface area contributed by atoms with Crippen LogP contribution in [0.2, 0.25) is 0 Å². The summed E-state index contributed by atoms with van der Waals surface area (Å²) in [5.74, 6) is -0.0693. The molecule has 1 unspecified atom stereocenters. The minimum atomic E-state index is -0.203. The van der Waals surface area contributed by atoms with Crippen molar-refractivity contribution in [1.29, 1.82) is 0 Å². The maximum Gasteiger partial charge on any atom is 0.224 e. The number of carbonyl (C=O) groups excluding carboxylic acids is 1. The predicted molar refractivity (Wildman–Crippen MR) is 90.4 cm³/mol. The molecular weight excluding hydrogens is 290 g/mol. The van der Waals surface area contributed by atoms with E-state index in [0.717, 1.165) is 17.7 Å². The van der Waals surface area contributed by atoms with Crippen LogP contribution in [0, 0.1) is 5.41 Å². The van der Waals surface area contributed by atoms with Crippen molar-refractivity contribution < 1.29 is 9.90 Å². The number of nitrogens with one attached hydrogen (secondary N) is 1. The van der Waals surface area contributed by atoms with Crippen molar-refractivity contribution in [3.05, 3.63) is 48.3 Å². The third-order valence-electron chi connectivity index (χ3n) is 3.51. The van der Waals surface area contributed by atoms with Crippen LogP contribution in [0.5, 0.6) is 0 Å². The Morgan fingerprint density at radius 2 is 2.00 bits per heavy atom. The topological polar surface area (TPSA) is 67.2 Å². The first kappa shape index (κ1) is 17.2. The molecule has 1 atom stereocenters. The molecule has 124 valence electrons. The third kappa shape index (κ3) is 5.53. The lowest BCUT2D eigenvalue weighted by Gasteiger charge is -2.25. The van der Waals surface area contributed by atoms with Gasteiger partial charge in [-0.2, -0.15) is 5.10 Å². The Kier molecular flexibility index (Phi) is 5.55. The molecule has 1 amide bonds. The molecule has 2 aromatic rings. The first-order valence-corrected chi connectivity index (χ1v) is 7.86. The largest absolute Gasteiger partial charge is 0.394 e. The summed E-state index contributed by atoms with van der Waals surface area (Å²) < 4.78 is 1.77. The summed E-state index contributed by atoms with van der Waals surface area (Å²) in [5, 5.41) is 16.5. The van der Waals surface area contributed by atoms with Crippen molar-refractivity contribution in [2.24, 2.45) is 5.41 Å². The van der Waals surface area contributed by atoms with Crippen molar-refractivity contribution >= 4 is 5.91 Å². The number of aromatic nitrogens is 2. The van der Waals surface area contributed by atoms with E-state index in [4.69, 9.17) is 0 Å². The van der Waals surface area contributed by atoms with Gasteiger partial charge in [-0.25, -0.2) is 4.68 Å². The lowest BCUT2D eigenvalue weighted by molar-refractivity contribution is -0.121. The highest BCUT2D eigenvalue weighted by Crippen LogP contribution is 2.20. The van der Waals surface area contributed by atoms with Crippen LogP contribution in [0.1, 0.15) is 32.8 Å². The number of hydrogen-bond donors (Lipinski definition) is 2. The van der Waals surface area contributed by atoms with E-state index in [2.05, 4.69) is 31.2 Å². The van der Waals surface area contributed by atoms with Gasteiger partial charge in [0.05, 0.1) is 24.8 Å². The van der Waals surface area contributed by atoms with E-state index in [1.54, 1.807) is 10.9 Å². The highest BCUT2D eigenvalue weighted by atomic mass is 16.3. The molecule has 5 heteroatoms. The number of rotatable bonds is 6. The number of aliphatic hydroxyl groups is 1. The van der Waals surface area contributed by atoms with Gasteiger partial charge < -0.3 is 10.4 Å². The van der Waals surface area contributed by atoms with Crippen molar-refractivity contribution in [2.45, 2.75) is 39.7 Å². The average Bonchev–Trinajstić information content (AvgIpc) is 3.00. The van der Waals surface area contributed by atoms with Crippen LogP contribution in [0.3, 0.4) is 0 Å². The molecule has 23 heavy (non-hydrogen) atoms. The normalized spacial score (nSPS) is 12.9. The fraction of sp³-hybridized carbons (Fsp3) is 0.444. The van der Waals surface area contributed by atoms with Gasteiger partial charge in [0.2, 0.25) is 5.91 Å². The van der Waals surface area contributed by atoms with Gasteiger partial charge in [-0.1, -0.05) is 32.9 Å². The molecule has 5 nitrogen and oxygen atoms in total. The predicted octanol–water partition coefficient (Wildman–Crippen LogP) is 2.33. The fourth-order valence-corrected chi connectivity index (χ4v) is 2.55. The smallest absolute Gasteiger partial charge is 0.224 e. The molecule has 2 N–H and O–H groups in total. The standard InChI is InChI=1S/C18H25N3O2/c1-18(2,3)12-15(13-22)20-17(23)11-14-5-7-16(8-6-14)21-10-4-9-19-21/h4-10,15,22H,11-13H2,1-3H3,(H,20,23). The molecule has 2 rings (SSSR count). The number of benzene rings is 1. The zero-order chi connectivity index (χ0) is 16.9. The number of hydrogen-bond acceptors (Lipinski definition) is 3. The minimum Gasteiger partial charge on any atom is -0.394 e. The van der Waals surface area contributed by atoms with Crippen molar-refractivity contribution in [1.82, 2.24) is 15.1 Å². The first-order chi connectivity index (χ1) is 10.9. The van der Waals surface area contributed by atoms with Gasteiger partial charge in [0.1, 0.15) is 0 Å². The Morgan fingerprint density at radius 3 is 2.52 bits per heavy atom. The van der Waals surface area contributed by atoms with Crippen molar-refractivity contribution in [2.75, 3.05) is 6.61 Å². The van der Waals surface area contributed by atoms with Crippen LogP contribution in [-0.2, 0) is 11.2 Å². The Hall–Kier alpha value is -2.14. The van der Waals surface area contributed by atoms with Crippen LogP contribution >= 0.6 is 0 Å². The van der Waals surface area contributed by atoms with Gasteiger partial charge in [0, 0.05) is 12.4 Å². The van der Waals surface area contributed by atoms with Crippen LogP contribution in [0.25, 0.3) is 5.69 Å². The Labute approximate surface area is 137 Å². The van der Waals surface area contributed by atoms with Crippen molar-refractivity contribution in [3.8, 4) is 5.69 Å². The summed E-state index contributed by atoms with van der Waals surface area (Å²) in [6, 6.07) is 9.39. The second-order valence-corrected chi connectivity index (χ2v) is 7.01. The number of carbonyl (C=O) groups is 1. The van der Waals surface area contributed by atoms with E-state index in [1.165, 1.54) is 0 Å². The van der Waals surface area contributed by atoms with Gasteiger partial charge in [0.25, 0.3) is 0 Å². The molecule has 0 aliphatic carbocycles. The van der Waals surface area contributed by atoms with Crippen LogP contribution in [0.4, 0.5) is 0 Å². The molecule has 0 fully saturated rings. The number of amides is 1. The molecule has 1 aromatic heterocycles. The Balaban J connectivity index is 1.92. The lowest BCUT2D eigenvalue weighted by atomic mass is 9.88. The molecule has 0 aliphatic heterocycles. The van der Waals surface area contributed by atoms with Crippen LogP contribution < -0.4 is 5.32 Å². The molecule has 0 radical (unpaired) electrons. The van der Waals surface area contributed by atoms with Crippen LogP contribution in [-0.4, -0.2) is 33.4 Å². The van der Waals surface area contributed by atoms with Gasteiger partial charge in [-0.15, -0.1) is 0 Å². The molecule has 1 heterocycles. The highest BCUT2D eigenvalue weighted by Gasteiger charge is 2.19. The van der Waals surface area contributed by atoms with Crippen LogP contribution in [0.15, 0.2) is 42.7 Å². The van der Waals surface area contributed by atoms with E-state index in [1.807, 2.05) is 36.5 Å². The minimum absolute atomic E-state index is 0.0404.